The van der Waals surface area contributed by atoms with E-state index in [1.165, 1.54) is 31.3 Å². The molecule has 4 rings (SSSR count). The smallest absolute Gasteiger partial charge is 0.264 e. The number of nitrogens with zero attached hydrogens (tertiary/aromatic N) is 2. The maximum Gasteiger partial charge on any atom is 0.264 e. The Kier molecular flexibility index (Phi) is 11.5. The third-order valence-electron chi connectivity index (χ3n) is 7.88. The number of anilines is 1. The number of hydrogen-bond acceptors (Lipinski definition) is 6. The molecule has 2 amide bonds. The van der Waals surface area contributed by atoms with Gasteiger partial charge in [0.05, 0.1) is 24.8 Å². The lowest BCUT2D eigenvalue weighted by Gasteiger charge is -2.34. The van der Waals surface area contributed by atoms with Gasteiger partial charge in [0.1, 0.15) is 24.1 Å². The topological polar surface area (TPSA) is 105 Å². The van der Waals surface area contributed by atoms with E-state index in [2.05, 4.69) is 5.32 Å². The van der Waals surface area contributed by atoms with Crippen LogP contribution in [0.1, 0.15) is 51.0 Å². The number of methoxy groups -OCH3 is 2. The molecule has 9 nitrogen and oxygen atoms in total. The van der Waals surface area contributed by atoms with Crippen LogP contribution in [-0.4, -0.2) is 58.0 Å². The average molecular weight is 642 g/mol. The molecule has 236 valence electrons. The second-order valence-corrected chi connectivity index (χ2v) is 13.1. The highest BCUT2D eigenvalue weighted by molar-refractivity contribution is 7.92. The van der Waals surface area contributed by atoms with Crippen LogP contribution in [0.4, 0.5) is 5.69 Å². The molecule has 1 fully saturated rings. The van der Waals surface area contributed by atoms with Gasteiger partial charge in [0.25, 0.3) is 10.0 Å². The van der Waals surface area contributed by atoms with E-state index in [-0.39, 0.29) is 34.8 Å². The molecule has 0 radical (unpaired) electrons. The van der Waals surface area contributed by atoms with Crippen molar-refractivity contribution in [3.63, 3.8) is 0 Å². The van der Waals surface area contributed by atoms with E-state index in [1.807, 2.05) is 6.92 Å². The molecular formula is C33H40ClN3O6S. The largest absolute Gasteiger partial charge is 0.497 e. The normalized spacial score (nSPS) is 14.4. The first-order chi connectivity index (χ1) is 21.2. The van der Waals surface area contributed by atoms with Crippen molar-refractivity contribution in [2.75, 3.05) is 25.1 Å². The number of nitrogens with one attached hydrogen (secondary N) is 1. The lowest BCUT2D eigenvalue weighted by atomic mass is 9.95. The molecular weight excluding hydrogens is 602 g/mol. The summed E-state index contributed by atoms with van der Waals surface area (Å²) < 4.78 is 40.1. The Morgan fingerprint density at radius 3 is 2.20 bits per heavy atom. The number of carbonyl (C=O) groups is 2. The molecule has 1 saturated carbocycles. The molecule has 1 aliphatic carbocycles. The molecule has 3 aromatic carbocycles. The Morgan fingerprint density at radius 2 is 1.59 bits per heavy atom. The summed E-state index contributed by atoms with van der Waals surface area (Å²) in [4.78, 5) is 29.4. The SMILES string of the molecule is CC[C@@H](C(=O)NC1CCCCC1)N(Cc1ccc(Cl)cc1)C(=O)CN(c1ccccc1OC)S(=O)(=O)c1ccc(OC)cc1. The fourth-order valence-corrected chi connectivity index (χ4v) is 7.03. The van der Waals surface area contributed by atoms with Gasteiger partial charge in [-0.25, -0.2) is 8.42 Å². The molecule has 0 aliphatic heterocycles. The molecule has 11 heteroatoms. The van der Waals surface area contributed by atoms with E-state index in [0.29, 0.717) is 17.2 Å². The number of carbonyl (C=O) groups excluding carboxylic acids is 2. The summed E-state index contributed by atoms with van der Waals surface area (Å²) in [6.07, 6.45) is 5.38. The number of rotatable bonds is 13. The Balaban J connectivity index is 1.73. The summed E-state index contributed by atoms with van der Waals surface area (Å²) in [6, 6.07) is 18.8. The van der Waals surface area contributed by atoms with Crippen LogP contribution in [0.15, 0.2) is 77.7 Å². The number of hydrogen-bond donors (Lipinski definition) is 1. The van der Waals surface area contributed by atoms with Crippen molar-refractivity contribution < 1.29 is 27.5 Å². The predicted molar refractivity (Wildman–Crippen MR) is 172 cm³/mol. The van der Waals surface area contributed by atoms with Crippen LogP contribution in [0.3, 0.4) is 0 Å². The van der Waals surface area contributed by atoms with E-state index in [1.54, 1.807) is 60.7 Å². The minimum atomic E-state index is -4.26. The first-order valence-corrected chi connectivity index (χ1v) is 16.6. The number of para-hydroxylation sites is 2. The number of benzene rings is 3. The van der Waals surface area contributed by atoms with Crippen LogP contribution in [0.2, 0.25) is 5.02 Å². The zero-order valence-electron chi connectivity index (χ0n) is 25.4. The second-order valence-electron chi connectivity index (χ2n) is 10.8. The van der Waals surface area contributed by atoms with Crippen molar-refractivity contribution in [1.29, 1.82) is 0 Å². The highest BCUT2D eigenvalue weighted by Crippen LogP contribution is 2.33. The fourth-order valence-electron chi connectivity index (χ4n) is 5.47. The van der Waals surface area contributed by atoms with Gasteiger partial charge in [-0.1, -0.05) is 62.1 Å². The summed E-state index contributed by atoms with van der Waals surface area (Å²) >= 11 is 6.11. The Morgan fingerprint density at radius 1 is 0.932 bits per heavy atom. The third kappa shape index (κ3) is 8.04. The lowest BCUT2D eigenvalue weighted by molar-refractivity contribution is -0.140. The quantitative estimate of drug-likeness (QED) is 0.253. The zero-order valence-corrected chi connectivity index (χ0v) is 26.9. The van der Waals surface area contributed by atoms with Gasteiger partial charge in [0.2, 0.25) is 11.8 Å². The number of amides is 2. The average Bonchev–Trinajstić information content (AvgIpc) is 3.04. The molecule has 1 atom stereocenters. The van der Waals surface area contributed by atoms with Crippen LogP contribution in [-0.2, 0) is 26.2 Å². The highest BCUT2D eigenvalue weighted by Gasteiger charge is 2.35. The zero-order chi connectivity index (χ0) is 31.7. The highest BCUT2D eigenvalue weighted by atomic mass is 35.5. The Labute approximate surface area is 265 Å². The van der Waals surface area contributed by atoms with Gasteiger partial charge in [0, 0.05) is 17.6 Å². The summed E-state index contributed by atoms with van der Waals surface area (Å²) in [5.41, 5.74) is 0.957. The van der Waals surface area contributed by atoms with Crippen molar-refractivity contribution in [3.8, 4) is 11.5 Å². The molecule has 3 aromatic rings. The maximum absolute atomic E-state index is 14.3. The van der Waals surface area contributed by atoms with Crippen LogP contribution in [0.5, 0.6) is 11.5 Å². The van der Waals surface area contributed by atoms with Gasteiger partial charge in [-0.2, -0.15) is 0 Å². The standard InChI is InChI=1S/C33H40ClN3O6S/c1-4-29(33(39)35-26-10-6-5-7-11-26)36(22-24-14-16-25(34)17-15-24)32(38)23-37(30-12-8-9-13-31(30)43-3)44(40,41)28-20-18-27(42-2)19-21-28/h8-9,12-21,26,29H,4-7,10-11,22-23H2,1-3H3,(H,35,39)/t29-/m0/s1. The van der Waals surface area contributed by atoms with Crippen LogP contribution >= 0.6 is 11.6 Å². The number of halogens is 1. The van der Waals surface area contributed by atoms with Crippen LogP contribution < -0.4 is 19.1 Å². The predicted octanol–water partition coefficient (Wildman–Crippen LogP) is 5.81. The summed E-state index contributed by atoms with van der Waals surface area (Å²) in [7, 11) is -1.33. The minimum Gasteiger partial charge on any atom is -0.497 e. The molecule has 0 saturated heterocycles. The van der Waals surface area contributed by atoms with Gasteiger partial charge in [-0.3, -0.25) is 13.9 Å². The third-order valence-corrected chi connectivity index (χ3v) is 9.91. The first-order valence-electron chi connectivity index (χ1n) is 14.8. The van der Waals surface area contributed by atoms with Crippen molar-refractivity contribution in [1.82, 2.24) is 10.2 Å². The lowest BCUT2D eigenvalue weighted by Crippen LogP contribution is -2.54. The van der Waals surface area contributed by atoms with E-state index in [4.69, 9.17) is 21.1 Å². The van der Waals surface area contributed by atoms with E-state index < -0.39 is 28.5 Å². The fraction of sp³-hybridized carbons (Fsp3) is 0.394. The molecule has 44 heavy (non-hydrogen) atoms. The van der Waals surface area contributed by atoms with Crippen LogP contribution in [0, 0.1) is 0 Å². The first kappa shape index (κ1) is 33.1. The van der Waals surface area contributed by atoms with Crippen molar-refractivity contribution >= 4 is 39.1 Å². The monoisotopic (exact) mass is 641 g/mol. The van der Waals surface area contributed by atoms with Gasteiger partial charge in [-0.05, 0) is 73.4 Å². The van der Waals surface area contributed by atoms with E-state index in [0.717, 1.165) is 42.0 Å². The van der Waals surface area contributed by atoms with Gasteiger partial charge >= 0.3 is 0 Å². The van der Waals surface area contributed by atoms with Gasteiger partial charge < -0.3 is 19.7 Å². The minimum absolute atomic E-state index is 0.0247. The van der Waals surface area contributed by atoms with Crippen molar-refractivity contribution in [2.45, 2.75) is 69.0 Å². The number of sulfonamides is 1. The van der Waals surface area contributed by atoms with Crippen molar-refractivity contribution in [3.05, 3.63) is 83.4 Å². The van der Waals surface area contributed by atoms with Crippen LogP contribution in [0.25, 0.3) is 0 Å². The molecule has 0 heterocycles. The van der Waals surface area contributed by atoms with E-state index >= 15 is 0 Å². The summed E-state index contributed by atoms with van der Waals surface area (Å²) in [6.45, 7) is 1.38. The summed E-state index contributed by atoms with van der Waals surface area (Å²) in [5, 5.41) is 3.70. The van der Waals surface area contributed by atoms with Gasteiger partial charge in [0.15, 0.2) is 0 Å². The maximum atomic E-state index is 14.3. The van der Waals surface area contributed by atoms with E-state index in [9.17, 15) is 18.0 Å². The molecule has 0 bridgehead atoms. The molecule has 0 unspecified atom stereocenters. The molecule has 1 N–H and O–H groups in total. The van der Waals surface area contributed by atoms with Gasteiger partial charge in [-0.15, -0.1) is 0 Å². The molecule has 0 aromatic heterocycles. The molecule has 0 spiro atoms. The van der Waals surface area contributed by atoms with Crippen molar-refractivity contribution in [2.24, 2.45) is 0 Å². The molecule has 1 aliphatic rings. The Hall–Kier alpha value is -3.76. The number of ether oxygens (including phenoxy) is 2. The Bertz CT molecular complexity index is 1510. The summed E-state index contributed by atoms with van der Waals surface area (Å²) in [5.74, 6) is -0.00588. The second kappa shape index (κ2) is 15.3.